The monoisotopic (exact) mass is 307 g/mol. The molecule has 1 saturated heterocycles. The van der Waals surface area contributed by atoms with Gasteiger partial charge in [-0.25, -0.2) is 4.98 Å². The van der Waals surface area contributed by atoms with Gasteiger partial charge in [0.2, 0.25) is 11.8 Å². The number of rotatable bonds is 3. The molecule has 1 N–H and O–H groups in total. The van der Waals surface area contributed by atoms with Gasteiger partial charge in [0.15, 0.2) is 0 Å². The molecule has 5 nitrogen and oxygen atoms in total. The van der Waals surface area contributed by atoms with Gasteiger partial charge in [-0.05, 0) is 46.5 Å². The van der Waals surface area contributed by atoms with Crippen LogP contribution in [0.5, 0.6) is 0 Å². The molecule has 0 bridgehead atoms. The van der Waals surface area contributed by atoms with Gasteiger partial charge in [0.25, 0.3) is 0 Å². The molecule has 0 spiro atoms. The van der Waals surface area contributed by atoms with Crippen molar-refractivity contribution in [2.24, 2.45) is 5.92 Å². The minimum absolute atomic E-state index is 0.0254. The topological polar surface area (TPSA) is 62.3 Å². The SMILES string of the molecule is Cc1csc(C(C)N2C(=O)C(C)(C3CC3)NC(=O)C2C)n1. The first-order valence-corrected chi connectivity index (χ1v) is 8.29. The Hall–Kier alpha value is -1.43. The average molecular weight is 307 g/mol. The van der Waals surface area contributed by atoms with E-state index in [-0.39, 0.29) is 23.8 Å². The molecule has 1 aliphatic heterocycles. The maximum absolute atomic E-state index is 13.0. The molecule has 6 heteroatoms. The molecule has 0 radical (unpaired) electrons. The Kier molecular flexibility index (Phi) is 3.31. The predicted molar refractivity (Wildman–Crippen MR) is 80.8 cm³/mol. The van der Waals surface area contributed by atoms with Crippen LogP contribution >= 0.6 is 11.3 Å². The molecule has 1 aromatic rings. The van der Waals surface area contributed by atoms with Gasteiger partial charge in [0.1, 0.15) is 16.6 Å². The van der Waals surface area contributed by atoms with Crippen LogP contribution in [0.2, 0.25) is 0 Å². The van der Waals surface area contributed by atoms with E-state index in [9.17, 15) is 9.59 Å². The summed E-state index contributed by atoms with van der Waals surface area (Å²) in [5.74, 6) is 0.232. The number of amides is 2. The third-order valence-electron chi connectivity index (χ3n) is 4.66. The van der Waals surface area contributed by atoms with Crippen molar-refractivity contribution in [1.82, 2.24) is 15.2 Å². The lowest BCUT2D eigenvalue weighted by Crippen LogP contribution is -2.69. The lowest BCUT2D eigenvalue weighted by molar-refractivity contribution is -0.157. The van der Waals surface area contributed by atoms with Gasteiger partial charge in [-0.3, -0.25) is 9.59 Å². The molecular formula is C15H21N3O2S. The molecule has 2 aliphatic rings. The van der Waals surface area contributed by atoms with Crippen LogP contribution in [0.25, 0.3) is 0 Å². The standard InChI is InChI=1S/C15H21N3O2S/c1-8-7-21-13(16-8)10(3)18-9(2)12(19)17-15(4,14(18)20)11-5-6-11/h7,9-11H,5-6H2,1-4H3,(H,17,19). The highest BCUT2D eigenvalue weighted by Gasteiger charge is 2.55. The third-order valence-corrected chi connectivity index (χ3v) is 5.80. The summed E-state index contributed by atoms with van der Waals surface area (Å²) in [5, 5.41) is 5.82. The molecule has 1 aliphatic carbocycles. The number of aryl methyl sites for hydroxylation is 1. The fourth-order valence-electron chi connectivity index (χ4n) is 3.12. The molecule has 3 atom stereocenters. The summed E-state index contributed by atoms with van der Waals surface area (Å²) >= 11 is 1.54. The molecule has 2 fully saturated rings. The fourth-order valence-corrected chi connectivity index (χ4v) is 3.97. The van der Waals surface area contributed by atoms with Crippen LogP contribution in [0.15, 0.2) is 5.38 Å². The zero-order valence-corrected chi connectivity index (χ0v) is 13.7. The Morgan fingerprint density at radius 2 is 2.14 bits per heavy atom. The van der Waals surface area contributed by atoms with E-state index in [2.05, 4.69) is 10.3 Å². The second kappa shape index (κ2) is 4.80. The van der Waals surface area contributed by atoms with Crippen LogP contribution in [0, 0.1) is 12.8 Å². The van der Waals surface area contributed by atoms with Crippen molar-refractivity contribution in [3.8, 4) is 0 Å². The van der Waals surface area contributed by atoms with E-state index in [0.717, 1.165) is 23.5 Å². The fraction of sp³-hybridized carbons (Fsp3) is 0.667. The molecule has 1 saturated carbocycles. The predicted octanol–water partition coefficient (Wildman–Crippen LogP) is 2.03. The van der Waals surface area contributed by atoms with Crippen molar-refractivity contribution < 1.29 is 9.59 Å². The zero-order chi connectivity index (χ0) is 15.4. The van der Waals surface area contributed by atoms with Crippen molar-refractivity contribution >= 4 is 23.2 Å². The molecule has 114 valence electrons. The largest absolute Gasteiger partial charge is 0.340 e. The summed E-state index contributed by atoms with van der Waals surface area (Å²) in [4.78, 5) is 31.5. The van der Waals surface area contributed by atoms with Crippen LogP contribution in [0.1, 0.15) is 50.4 Å². The quantitative estimate of drug-likeness (QED) is 0.929. The molecule has 3 rings (SSSR count). The number of nitrogens with one attached hydrogen (secondary N) is 1. The van der Waals surface area contributed by atoms with Crippen LogP contribution in [-0.2, 0) is 9.59 Å². The maximum Gasteiger partial charge on any atom is 0.249 e. The lowest BCUT2D eigenvalue weighted by Gasteiger charge is -2.45. The van der Waals surface area contributed by atoms with Crippen LogP contribution in [0.4, 0.5) is 0 Å². The van der Waals surface area contributed by atoms with Gasteiger partial charge in [-0.15, -0.1) is 11.3 Å². The van der Waals surface area contributed by atoms with Crippen LogP contribution < -0.4 is 5.32 Å². The lowest BCUT2D eigenvalue weighted by atomic mass is 9.89. The third kappa shape index (κ3) is 2.25. The summed E-state index contributed by atoms with van der Waals surface area (Å²) in [6.45, 7) is 7.55. The Balaban J connectivity index is 1.94. The van der Waals surface area contributed by atoms with E-state index in [0.29, 0.717) is 0 Å². The van der Waals surface area contributed by atoms with E-state index in [1.807, 2.05) is 26.2 Å². The molecule has 2 heterocycles. The molecule has 2 amide bonds. The molecule has 1 aromatic heterocycles. The molecule has 0 aromatic carbocycles. The summed E-state index contributed by atoms with van der Waals surface area (Å²) in [6, 6.07) is -0.626. The number of piperazine rings is 1. The molecular weight excluding hydrogens is 286 g/mol. The number of hydrogen-bond donors (Lipinski definition) is 1. The highest BCUT2D eigenvalue weighted by Crippen LogP contribution is 2.43. The van der Waals surface area contributed by atoms with E-state index in [1.165, 1.54) is 0 Å². The summed E-state index contributed by atoms with van der Waals surface area (Å²) in [5.41, 5.74) is 0.206. The summed E-state index contributed by atoms with van der Waals surface area (Å²) in [7, 11) is 0. The number of carbonyl (C=O) groups is 2. The zero-order valence-electron chi connectivity index (χ0n) is 12.8. The normalized spacial score (nSPS) is 31.2. The van der Waals surface area contributed by atoms with Gasteiger partial charge >= 0.3 is 0 Å². The van der Waals surface area contributed by atoms with Gasteiger partial charge in [-0.2, -0.15) is 0 Å². The highest BCUT2D eigenvalue weighted by molar-refractivity contribution is 7.09. The van der Waals surface area contributed by atoms with Crippen molar-refractivity contribution in [2.45, 2.75) is 58.2 Å². The van der Waals surface area contributed by atoms with E-state index >= 15 is 0 Å². The van der Waals surface area contributed by atoms with Gasteiger partial charge in [0, 0.05) is 11.1 Å². The minimum Gasteiger partial charge on any atom is -0.340 e. The van der Waals surface area contributed by atoms with Gasteiger partial charge in [-0.1, -0.05) is 0 Å². The Labute approximate surface area is 128 Å². The average Bonchev–Trinajstić information content (AvgIpc) is 3.20. The Morgan fingerprint density at radius 3 is 2.67 bits per heavy atom. The smallest absolute Gasteiger partial charge is 0.249 e. The van der Waals surface area contributed by atoms with Gasteiger partial charge < -0.3 is 10.2 Å². The van der Waals surface area contributed by atoms with Crippen molar-refractivity contribution in [3.05, 3.63) is 16.1 Å². The van der Waals surface area contributed by atoms with Crippen molar-refractivity contribution in [1.29, 1.82) is 0 Å². The highest BCUT2D eigenvalue weighted by atomic mass is 32.1. The Morgan fingerprint density at radius 1 is 1.48 bits per heavy atom. The summed E-state index contributed by atoms with van der Waals surface area (Å²) < 4.78 is 0. The molecule has 3 unspecified atom stereocenters. The summed E-state index contributed by atoms with van der Waals surface area (Å²) in [6.07, 6.45) is 2.02. The van der Waals surface area contributed by atoms with E-state index in [4.69, 9.17) is 0 Å². The first-order chi connectivity index (χ1) is 9.84. The number of hydrogen-bond acceptors (Lipinski definition) is 4. The van der Waals surface area contributed by atoms with E-state index < -0.39 is 11.6 Å². The van der Waals surface area contributed by atoms with Crippen LogP contribution in [0.3, 0.4) is 0 Å². The number of nitrogens with zero attached hydrogens (tertiary/aromatic N) is 2. The minimum atomic E-state index is -0.746. The number of carbonyl (C=O) groups excluding carboxylic acids is 2. The van der Waals surface area contributed by atoms with Gasteiger partial charge in [0.05, 0.1) is 6.04 Å². The first-order valence-electron chi connectivity index (χ1n) is 7.41. The van der Waals surface area contributed by atoms with Crippen molar-refractivity contribution in [3.63, 3.8) is 0 Å². The molecule has 21 heavy (non-hydrogen) atoms. The van der Waals surface area contributed by atoms with E-state index in [1.54, 1.807) is 23.2 Å². The Bertz CT molecular complexity index is 595. The van der Waals surface area contributed by atoms with Crippen LogP contribution in [-0.4, -0.2) is 33.3 Å². The second-order valence-electron chi connectivity index (χ2n) is 6.36. The van der Waals surface area contributed by atoms with Crippen molar-refractivity contribution in [2.75, 3.05) is 0 Å². The number of aromatic nitrogens is 1. The second-order valence-corrected chi connectivity index (χ2v) is 7.25. The maximum atomic E-state index is 13.0. The first kappa shape index (κ1) is 14.5. The number of thiazole rings is 1.